The number of hydrogen-bond donors (Lipinski definition) is 2. The lowest BCUT2D eigenvalue weighted by Gasteiger charge is -2.35. The third-order valence-corrected chi connectivity index (χ3v) is 4.41. The Kier molecular flexibility index (Phi) is 4.90. The van der Waals surface area contributed by atoms with Crippen LogP contribution in [0.3, 0.4) is 0 Å². The number of hydrogen-bond acceptors (Lipinski definition) is 5. The highest BCUT2D eigenvalue weighted by Gasteiger charge is 2.30. The Morgan fingerprint density at radius 1 is 1.41 bits per heavy atom. The number of ether oxygens (including phenoxy) is 1. The lowest BCUT2D eigenvalue weighted by molar-refractivity contribution is -0.129. The number of nitrogens with one attached hydrogen (secondary N) is 2. The molecule has 0 spiro atoms. The Hall–Kier alpha value is -1.66. The first-order valence-electron chi connectivity index (χ1n) is 8.05. The van der Waals surface area contributed by atoms with Crippen LogP contribution in [0.2, 0.25) is 0 Å². The van der Waals surface area contributed by atoms with E-state index in [-0.39, 0.29) is 24.1 Å². The molecule has 3 heterocycles. The second-order valence-electron chi connectivity index (χ2n) is 5.97. The second kappa shape index (κ2) is 7.07. The van der Waals surface area contributed by atoms with E-state index in [9.17, 15) is 4.79 Å². The van der Waals surface area contributed by atoms with Crippen LogP contribution in [0.4, 0.5) is 5.82 Å². The van der Waals surface area contributed by atoms with E-state index in [2.05, 4.69) is 20.5 Å². The summed E-state index contributed by atoms with van der Waals surface area (Å²) in [6.45, 7) is 5.20. The number of carbonyl (C=O) groups excluding carboxylic acids is 1. The summed E-state index contributed by atoms with van der Waals surface area (Å²) in [5.74, 6) is 1.08. The quantitative estimate of drug-likeness (QED) is 0.853. The molecule has 0 saturated carbocycles. The summed E-state index contributed by atoms with van der Waals surface area (Å²) in [5.41, 5.74) is 0. The SMILES string of the molecule is C[C@H]1OCCN[C@@H]1C(=O)NC1CCN(c2ccccn2)CC1. The van der Waals surface area contributed by atoms with Gasteiger partial charge >= 0.3 is 0 Å². The minimum atomic E-state index is -0.234. The molecule has 0 unspecified atom stereocenters. The van der Waals surface area contributed by atoms with E-state index in [1.165, 1.54) is 0 Å². The number of aromatic nitrogens is 1. The van der Waals surface area contributed by atoms with E-state index in [1.807, 2.05) is 31.3 Å². The highest BCUT2D eigenvalue weighted by molar-refractivity contribution is 5.82. The Bertz CT molecular complexity index is 488. The molecule has 1 amide bonds. The Labute approximate surface area is 131 Å². The van der Waals surface area contributed by atoms with E-state index in [1.54, 1.807) is 0 Å². The fourth-order valence-electron chi connectivity index (χ4n) is 3.11. The van der Waals surface area contributed by atoms with Crippen molar-refractivity contribution in [3.63, 3.8) is 0 Å². The van der Waals surface area contributed by atoms with Crippen molar-refractivity contribution in [2.75, 3.05) is 31.1 Å². The maximum absolute atomic E-state index is 12.3. The van der Waals surface area contributed by atoms with Gasteiger partial charge in [-0.1, -0.05) is 6.07 Å². The molecule has 3 rings (SSSR count). The van der Waals surface area contributed by atoms with Gasteiger partial charge in [0.25, 0.3) is 0 Å². The molecule has 0 aliphatic carbocycles. The largest absolute Gasteiger partial charge is 0.375 e. The number of morpholine rings is 1. The summed E-state index contributed by atoms with van der Waals surface area (Å²) >= 11 is 0. The van der Waals surface area contributed by atoms with E-state index in [0.717, 1.165) is 38.3 Å². The molecule has 2 saturated heterocycles. The molecule has 2 aliphatic heterocycles. The molecule has 2 atom stereocenters. The predicted octanol–water partition coefficient (Wildman–Crippen LogP) is 0.544. The van der Waals surface area contributed by atoms with Crippen LogP contribution >= 0.6 is 0 Å². The van der Waals surface area contributed by atoms with Crippen LogP contribution in [0.5, 0.6) is 0 Å². The molecule has 1 aromatic heterocycles. The molecule has 2 N–H and O–H groups in total. The van der Waals surface area contributed by atoms with Crippen molar-refractivity contribution in [1.82, 2.24) is 15.6 Å². The van der Waals surface area contributed by atoms with Crippen molar-refractivity contribution in [3.8, 4) is 0 Å². The molecule has 2 fully saturated rings. The van der Waals surface area contributed by atoms with Crippen molar-refractivity contribution < 1.29 is 9.53 Å². The van der Waals surface area contributed by atoms with Crippen molar-refractivity contribution in [1.29, 1.82) is 0 Å². The zero-order valence-electron chi connectivity index (χ0n) is 13.0. The first-order chi connectivity index (χ1) is 10.7. The third-order valence-electron chi connectivity index (χ3n) is 4.41. The van der Waals surface area contributed by atoms with Crippen molar-refractivity contribution in [2.24, 2.45) is 0 Å². The number of rotatable bonds is 3. The molecule has 22 heavy (non-hydrogen) atoms. The summed E-state index contributed by atoms with van der Waals surface area (Å²) in [6.07, 6.45) is 3.65. The van der Waals surface area contributed by atoms with Crippen molar-refractivity contribution >= 4 is 11.7 Å². The molecule has 0 bridgehead atoms. The van der Waals surface area contributed by atoms with Gasteiger partial charge in [0.1, 0.15) is 11.9 Å². The van der Waals surface area contributed by atoms with Gasteiger partial charge in [-0.2, -0.15) is 0 Å². The molecule has 6 heteroatoms. The number of piperidine rings is 1. The zero-order chi connectivity index (χ0) is 15.4. The van der Waals surface area contributed by atoms with Gasteiger partial charge in [-0.25, -0.2) is 4.98 Å². The van der Waals surface area contributed by atoms with E-state index < -0.39 is 0 Å². The van der Waals surface area contributed by atoms with Crippen LogP contribution in [0.15, 0.2) is 24.4 Å². The van der Waals surface area contributed by atoms with E-state index >= 15 is 0 Å². The maximum atomic E-state index is 12.3. The summed E-state index contributed by atoms with van der Waals surface area (Å²) < 4.78 is 5.54. The van der Waals surface area contributed by atoms with Crippen LogP contribution in [-0.2, 0) is 9.53 Å². The Balaban J connectivity index is 1.48. The smallest absolute Gasteiger partial charge is 0.240 e. The van der Waals surface area contributed by atoms with Gasteiger partial charge < -0.3 is 20.3 Å². The molecule has 120 valence electrons. The first-order valence-corrected chi connectivity index (χ1v) is 8.05. The Morgan fingerprint density at radius 3 is 2.91 bits per heavy atom. The second-order valence-corrected chi connectivity index (χ2v) is 5.97. The number of carbonyl (C=O) groups is 1. The van der Waals surface area contributed by atoms with Crippen LogP contribution in [0, 0.1) is 0 Å². The van der Waals surface area contributed by atoms with Gasteiger partial charge in [0.2, 0.25) is 5.91 Å². The minimum Gasteiger partial charge on any atom is -0.375 e. The van der Waals surface area contributed by atoms with E-state index in [4.69, 9.17) is 4.74 Å². The molecular formula is C16H24N4O2. The topological polar surface area (TPSA) is 66.5 Å². The maximum Gasteiger partial charge on any atom is 0.240 e. The van der Waals surface area contributed by atoms with Gasteiger partial charge in [-0.05, 0) is 31.9 Å². The van der Waals surface area contributed by atoms with Crippen LogP contribution in [0.25, 0.3) is 0 Å². The number of nitrogens with zero attached hydrogens (tertiary/aromatic N) is 2. The van der Waals surface area contributed by atoms with Crippen molar-refractivity contribution in [2.45, 2.75) is 38.0 Å². The zero-order valence-corrected chi connectivity index (χ0v) is 13.0. The lowest BCUT2D eigenvalue weighted by atomic mass is 10.0. The van der Waals surface area contributed by atoms with E-state index in [0.29, 0.717) is 6.61 Å². The number of amides is 1. The molecular weight excluding hydrogens is 280 g/mol. The predicted molar refractivity (Wildman–Crippen MR) is 84.8 cm³/mol. The van der Waals surface area contributed by atoms with Crippen LogP contribution in [-0.4, -0.2) is 55.3 Å². The average Bonchev–Trinajstić information content (AvgIpc) is 2.57. The molecule has 2 aliphatic rings. The number of pyridine rings is 1. The lowest BCUT2D eigenvalue weighted by Crippen LogP contribution is -2.58. The fourth-order valence-corrected chi connectivity index (χ4v) is 3.11. The average molecular weight is 304 g/mol. The van der Waals surface area contributed by atoms with Crippen LogP contribution < -0.4 is 15.5 Å². The summed E-state index contributed by atoms with van der Waals surface area (Å²) in [5, 5.41) is 6.40. The van der Waals surface area contributed by atoms with Gasteiger partial charge in [0.15, 0.2) is 0 Å². The van der Waals surface area contributed by atoms with Crippen LogP contribution in [0.1, 0.15) is 19.8 Å². The third kappa shape index (κ3) is 3.56. The number of anilines is 1. The monoisotopic (exact) mass is 304 g/mol. The van der Waals surface area contributed by atoms with Crippen molar-refractivity contribution in [3.05, 3.63) is 24.4 Å². The van der Waals surface area contributed by atoms with Gasteiger partial charge in [-0.15, -0.1) is 0 Å². The molecule has 0 radical (unpaired) electrons. The standard InChI is InChI=1S/C16H24N4O2/c1-12-15(18-8-11-22-12)16(21)19-13-5-9-20(10-6-13)14-4-2-3-7-17-14/h2-4,7,12-13,15,18H,5-6,8-11H2,1H3,(H,19,21)/t12-,15+/m1/s1. The first kappa shape index (κ1) is 15.2. The highest BCUT2D eigenvalue weighted by Crippen LogP contribution is 2.17. The van der Waals surface area contributed by atoms with Gasteiger partial charge in [0, 0.05) is 31.9 Å². The molecule has 0 aromatic carbocycles. The minimum absolute atomic E-state index is 0.0588. The van der Waals surface area contributed by atoms with Gasteiger partial charge in [0.05, 0.1) is 12.7 Å². The summed E-state index contributed by atoms with van der Waals surface area (Å²) in [7, 11) is 0. The van der Waals surface area contributed by atoms with Gasteiger partial charge in [-0.3, -0.25) is 4.79 Å². The normalized spacial score (nSPS) is 26.7. The fraction of sp³-hybridized carbons (Fsp3) is 0.625. The Morgan fingerprint density at radius 2 is 2.23 bits per heavy atom. The summed E-state index contributed by atoms with van der Waals surface area (Å²) in [6, 6.07) is 5.97. The molecule has 1 aromatic rings. The summed E-state index contributed by atoms with van der Waals surface area (Å²) in [4.78, 5) is 19.0. The molecule has 6 nitrogen and oxygen atoms in total. The highest BCUT2D eigenvalue weighted by atomic mass is 16.5.